The quantitative estimate of drug-likeness (QED) is 0.746. The largest absolute Gasteiger partial charge is 0.496 e. The van der Waals surface area contributed by atoms with Crippen LogP contribution in [0.2, 0.25) is 0 Å². The Morgan fingerprint density at radius 1 is 1.46 bits per heavy atom. The second kappa shape index (κ2) is 3.92. The predicted molar refractivity (Wildman–Crippen MR) is 55.4 cm³/mol. The van der Waals surface area contributed by atoms with Gasteiger partial charge in [0.2, 0.25) is 0 Å². The molecule has 0 unspecified atom stereocenters. The molecule has 3 heteroatoms. The van der Waals surface area contributed by atoms with Crippen LogP contribution in [-0.4, -0.2) is 12.9 Å². The lowest BCUT2D eigenvalue weighted by atomic mass is 10.1. The molecular weight excluding hydrogens is 232 g/mol. The highest BCUT2D eigenvalue weighted by atomic mass is 79.9. The van der Waals surface area contributed by atoms with Crippen molar-refractivity contribution in [3.8, 4) is 5.75 Å². The Bertz CT molecular complexity index is 345. The van der Waals surface area contributed by atoms with Gasteiger partial charge in [-0.05, 0) is 41.4 Å². The summed E-state index contributed by atoms with van der Waals surface area (Å²) >= 11 is 3.37. The molecular formula is C10H11BrO2. The SMILES string of the molecule is COc1ccc(C)c(Br)c1C(C)=O. The normalized spacial score (nSPS) is 9.85. The highest BCUT2D eigenvalue weighted by Crippen LogP contribution is 2.29. The Morgan fingerprint density at radius 2 is 2.08 bits per heavy atom. The van der Waals surface area contributed by atoms with Gasteiger partial charge in [0.1, 0.15) is 5.75 Å². The minimum Gasteiger partial charge on any atom is -0.496 e. The van der Waals surface area contributed by atoms with Crippen LogP contribution in [0.5, 0.6) is 5.75 Å². The minimum atomic E-state index is 0.00688. The maximum Gasteiger partial charge on any atom is 0.164 e. The van der Waals surface area contributed by atoms with E-state index in [1.165, 1.54) is 6.92 Å². The molecule has 70 valence electrons. The van der Waals surface area contributed by atoms with Crippen molar-refractivity contribution in [3.63, 3.8) is 0 Å². The Balaban J connectivity index is 3.41. The van der Waals surface area contributed by atoms with E-state index >= 15 is 0 Å². The van der Waals surface area contributed by atoms with Crippen LogP contribution in [0.15, 0.2) is 16.6 Å². The highest BCUT2D eigenvalue weighted by molar-refractivity contribution is 9.10. The molecule has 13 heavy (non-hydrogen) atoms. The standard InChI is InChI=1S/C10H11BrO2/c1-6-4-5-8(13-3)9(7(2)12)10(6)11/h4-5H,1-3H3. The number of carbonyl (C=O) groups excluding carboxylic acids is 1. The van der Waals surface area contributed by atoms with Crippen LogP contribution in [0.3, 0.4) is 0 Å². The summed E-state index contributed by atoms with van der Waals surface area (Å²) in [5.41, 5.74) is 1.65. The fraction of sp³-hybridized carbons (Fsp3) is 0.300. The molecule has 0 aliphatic rings. The number of hydrogen-bond donors (Lipinski definition) is 0. The predicted octanol–water partition coefficient (Wildman–Crippen LogP) is 2.97. The molecule has 0 fully saturated rings. The van der Waals surface area contributed by atoms with Gasteiger partial charge in [-0.3, -0.25) is 4.79 Å². The van der Waals surface area contributed by atoms with E-state index in [0.29, 0.717) is 11.3 Å². The van der Waals surface area contributed by atoms with Gasteiger partial charge < -0.3 is 4.74 Å². The molecule has 0 atom stereocenters. The van der Waals surface area contributed by atoms with Gasteiger partial charge in [-0.2, -0.15) is 0 Å². The van der Waals surface area contributed by atoms with Crippen molar-refractivity contribution < 1.29 is 9.53 Å². The first-order chi connectivity index (χ1) is 6.07. The number of rotatable bonds is 2. The van der Waals surface area contributed by atoms with Crippen LogP contribution >= 0.6 is 15.9 Å². The zero-order valence-corrected chi connectivity index (χ0v) is 9.44. The van der Waals surface area contributed by atoms with Gasteiger partial charge in [0.05, 0.1) is 12.7 Å². The van der Waals surface area contributed by atoms with Crippen molar-refractivity contribution >= 4 is 21.7 Å². The summed E-state index contributed by atoms with van der Waals surface area (Å²) < 4.78 is 5.91. The summed E-state index contributed by atoms with van der Waals surface area (Å²) in [5, 5.41) is 0. The summed E-state index contributed by atoms with van der Waals surface area (Å²) in [6.45, 7) is 3.47. The Hall–Kier alpha value is -0.830. The third-order valence-electron chi connectivity index (χ3n) is 1.87. The van der Waals surface area contributed by atoms with Crippen LogP contribution in [0.1, 0.15) is 22.8 Å². The topological polar surface area (TPSA) is 26.3 Å². The fourth-order valence-corrected chi connectivity index (χ4v) is 1.77. The molecule has 1 aromatic rings. The van der Waals surface area contributed by atoms with Gasteiger partial charge in [-0.1, -0.05) is 6.07 Å². The number of aryl methyl sites for hydroxylation is 1. The monoisotopic (exact) mass is 242 g/mol. The average molecular weight is 243 g/mol. The third-order valence-corrected chi connectivity index (χ3v) is 2.89. The molecule has 0 saturated heterocycles. The first kappa shape index (κ1) is 10.3. The fourth-order valence-electron chi connectivity index (χ4n) is 1.16. The van der Waals surface area contributed by atoms with E-state index in [2.05, 4.69) is 15.9 Å². The van der Waals surface area contributed by atoms with Gasteiger partial charge in [0.25, 0.3) is 0 Å². The molecule has 0 bridgehead atoms. The van der Waals surface area contributed by atoms with Crippen molar-refractivity contribution in [2.45, 2.75) is 13.8 Å². The molecule has 0 amide bonds. The van der Waals surface area contributed by atoms with E-state index in [1.807, 2.05) is 13.0 Å². The van der Waals surface area contributed by atoms with Crippen molar-refractivity contribution in [1.82, 2.24) is 0 Å². The van der Waals surface area contributed by atoms with E-state index in [4.69, 9.17) is 4.74 Å². The lowest BCUT2D eigenvalue weighted by molar-refractivity contribution is 0.101. The first-order valence-corrected chi connectivity index (χ1v) is 4.71. The smallest absolute Gasteiger partial charge is 0.164 e. The van der Waals surface area contributed by atoms with Crippen LogP contribution in [0.4, 0.5) is 0 Å². The maximum absolute atomic E-state index is 11.3. The van der Waals surface area contributed by atoms with Crippen molar-refractivity contribution in [2.75, 3.05) is 7.11 Å². The lowest BCUT2D eigenvalue weighted by Crippen LogP contribution is -1.99. The summed E-state index contributed by atoms with van der Waals surface area (Å²) in [5.74, 6) is 0.623. The van der Waals surface area contributed by atoms with Gasteiger partial charge in [-0.25, -0.2) is 0 Å². The Kier molecular flexibility index (Phi) is 3.09. The van der Waals surface area contributed by atoms with E-state index in [1.54, 1.807) is 13.2 Å². The average Bonchev–Trinajstić information content (AvgIpc) is 2.08. The number of hydrogen-bond acceptors (Lipinski definition) is 2. The Morgan fingerprint density at radius 3 is 2.54 bits per heavy atom. The summed E-state index contributed by atoms with van der Waals surface area (Å²) in [6.07, 6.45) is 0. The van der Waals surface area contributed by atoms with Crippen LogP contribution in [0, 0.1) is 6.92 Å². The van der Waals surface area contributed by atoms with Gasteiger partial charge >= 0.3 is 0 Å². The molecule has 0 saturated carbocycles. The highest BCUT2D eigenvalue weighted by Gasteiger charge is 2.13. The van der Waals surface area contributed by atoms with E-state index in [-0.39, 0.29) is 5.78 Å². The summed E-state index contributed by atoms with van der Waals surface area (Å²) in [4.78, 5) is 11.3. The number of halogens is 1. The Labute approximate surface area is 86.0 Å². The molecule has 0 aromatic heterocycles. The number of ether oxygens (including phenoxy) is 1. The second-order valence-electron chi connectivity index (χ2n) is 2.83. The molecule has 1 aromatic carbocycles. The molecule has 2 nitrogen and oxygen atoms in total. The van der Waals surface area contributed by atoms with E-state index in [0.717, 1.165) is 10.0 Å². The molecule has 0 spiro atoms. The van der Waals surface area contributed by atoms with E-state index < -0.39 is 0 Å². The first-order valence-electron chi connectivity index (χ1n) is 3.92. The van der Waals surface area contributed by atoms with Crippen molar-refractivity contribution in [1.29, 1.82) is 0 Å². The number of ketones is 1. The zero-order chi connectivity index (χ0) is 10.0. The van der Waals surface area contributed by atoms with Gasteiger partial charge in [0, 0.05) is 4.47 Å². The molecule has 1 rings (SSSR count). The lowest BCUT2D eigenvalue weighted by Gasteiger charge is -2.09. The van der Waals surface area contributed by atoms with Crippen LogP contribution < -0.4 is 4.74 Å². The van der Waals surface area contributed by atoms with Gasteiger partial charge in [0.15, 0.2) is 5.78 Å². The maximum atomic E-state index is 11.3. The number of carbonyl (C=O) groups is 1. The summed E-state index contributed by atoms with van der Waals surface area (Å²) in [6, 6.07) is 3.71. The molecule has 0 aliphatic heterocycles. The van der Waals surface area contributed by atoms with Gasteiger partial charge in [-0.15, -0.1) is 0 Å². The molecule has 0 N–H and O–H groups in total. The number of methoxy groups -OCH3 is 1. The molecule has 0 heterocycles. The van der Waals surface area contributed by atoms with Crippen LogP contribution in [0.25, 0.3) is 0 Å². The van der Waals surface area contributed by atoms with Crippen molar-refractivity contribution in [2.24, 2.45) is 0 Å². The number of benzene rings is 1. The van der Waals surface area contributed by atoms with Crippen molar-refractivity contribution in [3.05, 3.63) is 27.7 Å². The van der Waals surface area contributed by atoms with Crippen LogP contribution in [-0.2, 0) is 0 Å². The second-order valence-corrected chi connectivity index (χ2v) is 3.62. The minimum absolute atomic E-state index is 0.00688. The van der Waals surface area contributed by atoms with E-state index in [9.17, 15) is 4.79 Å². The molecule has 0 radical (unpaired) electrons. The number of Topliss-reactive ketones (excluding diaryl/α,β-unsaturated/α-hetero) is 1. The third kappa shape index (κ3) is 1.91. The zero-order valence-electron chi connectivity index (χ0n) is 7.85. The molecule has 0 aliphatic carbocycles. The summed E-state index contributed by atoms with van der Waals surface area (Å²) in [7, 11) is 1.56.